The maximum atomic E-state index is 11.7. The number of carbonyl (C=O) groups excluding carboxylic acids is 1. The minimum atomic E-state index is -0.142. The summed E-state index contributed by atoms with van der Waals surface area (Å²) in [5.74, 6) is -0.142. The van der Waals surface area contributed by atoms with Crippen LogP contribution in [0.1, 0.15) is 89.5 Å². The van der Waals surface area contributed by atoms with Gasteiger partial charge in [0.2, 0.25) is 0 Å². The zero-order chi connectivity index (χ0) is 17.7. The quantitative estimate of drug-likeness (QED) is 0.226. The van der Waals surface area contributed by atoms with Gasteiger partial charge in [0, 0.05) is 0 Å². The Morgan fingerprint density at radius 1 is 0.840 bits per heavy atom. The molecule has 0 N–H and O–H groups in total. The molecule has 1 aromatic carbocycles. The number of cyclic esters (lactones) is 1. The Labute approximate surface area is 153 Å². The Hall–Kier alpha value is -1.57. The molecule has 138 valence electrons. The van der Waals surface area contributed by atoms with Gasteiger partial charge in [0.15, 0.2) is 0 Å². The minimum absolute atomic E-state index is 0.0197. The normalized spacial score (nSPS) is 18.2. The first-order valence-electron chi connectivity index (χ1n) is 10.3. The van der Waals surface area contributed by atoms with Gasteiger partial charge in [0.1, 0.15) is 6.10 Å². The minimum Gasteiger partial charge on any atom is -0.454 e. The number of hydrogen-bond donors (Lipinski definition) is 0. The fraction of sp³-hybridized carbons (Fsp3) is 0.609. The first-order chi connectivity index (χ1) is 12.3. The summed E-state index contributed by atoms with van der Waals surface area (Å²) in [6.45, 7) is 2.27. The van der Waals surface area contributed by atoms with Gasteiger partial charge < -0.3 is 4.74 Å². The van der Waals surface area contributed by atoms with E-state index in [1.807, 2.05) is 36.4 Å². The molecule has 1 unspecified atom stereocenters. The van der Waals surface area contributed by atoms with Crippen molar-refractivity contribution in [2.45, 2.75) is 90.1 Å². The lowest BCUT2D eigenvalue weighted by Gasteiger charge is -2.29. The van der Waals surface area contributed by atoms with Crippen molar-refractivity contribution in [1.82, 2.24) is 0 Å². The highest BCUT2D eigenvalue weighted by molar-refractivity contribution is 6.00. The van der Waals surface area contributed by atoms with E-state index in [9.17, 15) is 4.79 Å². The van der Waals surface area contributed by atoms with Gasteiger partial charge in [0.05, 0.1) is 5.57 Å². The molecule has 0 aromatic heterocycles. The van der Waals surface area contributed by atoms with E-state index >= 15 is 0 Å². The van der Waals surface area contributed by atoms with E-state index in [0.29, 0.717) is 0 Å². The van der Waals surface area contributed by atoms with Crippen LogP contribution in [0.3, 0.4) is 0 Å². The average Bonchev–Trinajstić information content (AvgIpc) is 2.64. The molecular weight excluding hydrogens is 308 g/mol. The largest absolute Gasteiger partial charge is 0.454 e. The third kappa shape index (κ3) is 7.46. The van der Waals surface area contributed by atoms with Crippen LogP contribution in [0.2, 0.25) is 0 Å². The van der Waals surface area contributed by atoms with Crippen LogP contribution in [0, 0.1) is 0 Å². The van der Waals surface area contributed by atoms with Crippen molar-refractivity contribution >= 4 is 12.0 Å². The van der Waals surface area contributed by atoms with Gasteiger partial charge in [-0.25, -0.2) is 4.79 Å². The summed E-state index contributed by atoms with van der Waals surface area (Å²) in [6, 6.07) is 10.0. The molecule has 0 radical (unpaired) electrons. The maximum Gasteiger partial charge on any atom is 0.338 e. The van der Waals surface area contributed by atoms with Gasteiger partial charge in [-0.1, -0.05) is 101 Å². The van der Waals surface area contributed by atoms with Crippen molar-refractivity contribution in [3.8, 4) is 0 Å². The molecule has 1 aliphatic heterocycles. The van der Waals surface area contributed by atoms with Crippen molar-refractivity contribution in [3.05, 3.63) is 41.5 Å². The van der Waals surface area contributed by atoms with E-state index < -0.39 is 0 Å². The molecule has 0 bridgehead atoms. The number of esters is 1. The molecule has 0 spiro atoms. The molecule has 2 rings (SSSR count). The zero-order valence-electron chi connectivity index (χ0n) is 15.8. The summed E-state index contributed by atoms with van der Waals surface area (Å²) in [6.07, 6.45) is 17.8. The van der Waals surface area contributed by atoms with Crippen molar-refractivity contribution in [2.75, 3.05) is 0 Å². The van der Waals surface area contributed by atoms with Crippen molar-refractivity contribution in [3.63, 3.8) is 0 Å². The third-order valence-corrected chi connectivity index (χ3v) is 5.02. The summed E-state index contributed by atoms with van der Waals surface area (Å²) < 4.78 is 5.31. The Balaban J connectivity index is 1.51. The number of ether oxygens (including phenoxy) is 1. The summed E-state index contributed by atoms with van der Waals surface area (Å²) >= 11 is 0. The standard InChI is InChI=1S/C23H34O2/c1-2-3-4-5-6-7-8-9-10-11-15-18-22-21(23(24)25-22)19-20-16-13-12-14-17-20/h12-14,16-17,19,22H,2-11,15,18H2,1H3. The zero-order valence-corrected chi connectivity index (χ0v) is 15.8. The molecule has 25 heavy (non-hydrogen) atoms. The molecule has 1 heterocycles. The van der Waals surface area contributed by atoms with E-state index in [1.165, 1.54) is 64.2 Å². The number of rotatable bonds is 13. The van der Waals surface area contributed by atoms with Crippen molar-refractivity contribution in [2.24, 2.45) is 0 Å². The van der Waals surface area contributed by atoms with E-state index in [1.54, 1.807) is 0 Å². The lowest BCUT2D eigenvalue weighted by Crippen LogP contribution is -2.36. The van der Waals surface area contributed by atoms with Crippen LogP contribution >= 0.6 is 0 Å². The van der Waals surface area contributed by atoms with Gasteiger partial charge >= 0.3 is 5.97 Å². The van der Waals surface area contributed by atoms with Gasteiger partial charge in [-0.15, -0.1) is 0 Å². The van der Waals surface area contributed by atoms with E-state index in [-0.39, 0.29) is 12.1 Å². The van der Waals surface area contributed by atoms with Crippen LogP contribution in [-0.2, 0) is 9.53 Å². The van der Waals surface area contributed by atoms with Gasteiger partial charge in [0.25, 0.3) is 0 Å². The summed E-state index contributed by atoms with van der Waals surface area (Å²) in [7, 11) is 0. The third-order valence-electron chi connectivity index (χ3n) is 5.02. The van der Waals surface area contributed by atoms with Crippen LogP contribution in [0.25, 0.3) is 6.08 Å². The van der Waals surface area contributed by atoms with Gasteiger partial charge in [-0.3, -0.25) is 0 Å². The second kappa shape index (κ2) is 11.9. The smallest absolute Gasteiger partial charge is 0.338 e. The first kappa shape index (κ1) is 19.8. The van der Waals surface area contributed by atoms with Crippen LogP contribution in [-0.4, -0.2) is 12.1 Å². The molecule has 0 saturated carbocycles. The van der Waals surface area contributed by atoms with Crippen molar-refractivity contribution in [1.29, 1.82) is 0 Å². The molecule has 0 aliphatic carbocycles. The van der Waals surface area contributed by atoms with Crippen LogP contribution in [0.15, 0.2) is 35.9 Å². The van der Waals surface area contributed by atoms with Crippen LogP contribution in [0.5, 0.6) is 0 Å². The Morgan fingerprint density at radius 2 is 1.40 bits per heavy atom. The monoisotopic (exact) mass is 342 g/mol. The topological polar surface area (TPSA) is 26.3 Å². The highest BCUT2D eigenvalue weighted by Crippen LogP contribution is 2.28. The highest BCUT2D eigenvalue weighted by Gasteiger charge is 2.34. The summed E-state index contributed by atoms with van der Waals surface area (Å²) in [5.41, 5.74) is 1.93. The predicted octanol–water partition coefficient (Wildman–Crippen LogP) is 6.70. The van der Waals surface area contributed by atoms with Gasteiger partial charge in [-0.05, 0) is 24.5 Å². The Morgan fingerprint density at radius 3 is 1.96 bits per heavy atom. The molecule has 2 nitrogen and oxygen atoms in total. The molecule has 1 fully saturated rings. The van der Waals surface area contributed by atoms with E-state index in [4.69, 9.17) is 4.74 Å². The SMILES string of the molecule is CCCCCCCCCCCCCC1OC(=O)C1=Cc1ccccc1. The highest BCUT2D eigenvalue weighted by atomic mass is 16.6. The molecule has 1 saturated heterocycles. The predicted molar refractivity (Wildman–Crippen MR) is 105 cm³/mol. The fourth-order valence-electron chi connectivity index (χ4n) is 3.42. The second-order valence-electron chi connectivity index (χ2n) is 7.23. The Bertz CT molecular complexity index is 518. The first-order valence-corrected chi connectivity index (χ1v) is 10.3. The number of hydrogen-bond acceptors (Lipinski definition) is 2. The van der Waals surface area contributed by atoms with Gasteiger partial charge in [-0.2, -0.15) is 0 Å². The van der Waals surface area contributed by atoms with Crippen LogP contribution in [0.4, 0.5) is 0 Å². The molecule has 1 atom stereocenters. The average molecular weight is 343 g/mol. The summed E-state index contributed by atoms with van der Waals surface area (Å²) in [4.78, 5) is 11.7. The fourth-order valence-corrected chi connectivity index (χ4v) is 3.42. The number of unbranched alkanes of at least 4 members (excludes halogenated alkanes) is 10. The number of benzene rings is 1. The number of carbonyl (C=O) groups is 1. The molecule has 2 heteroatoms. The van der Waals surface area contributed by atoms with Crippen molar-refractivity contribution < 1.29 is 9.53 Å². The van der Waals surface area contributed by atoms with E-state index in [2.05, 4.69) is 6.92 Å². The molecule has 1 aromatic rings. The lowest BCUT2D eigenvalue weighted by atomic mass is 9.96. The van der Waals surface area contributed by atoms with E-state index in [0.717, 1.165) is 24.0 Å². The molecule has 1 aliphatic rings. The second-order valence-corrected chi connectivity index (χ2v) is 7.23. The lowest BCUT2D eigenvalue weighted by molar-refractivity contribution is -0.156. The summed E-state index contributed by atoms with van der Waals surface area (Å²) in [5, 5.41) is 0. The Kier molecular flexibility index (Phi) is 9.40. The molecular formula is C23H34O2. The van der Waals surface area contributed by atoms with Crippen LogP contribution < -0.4 is 0 Å². The molecule has 0 amide bonds. The maximum absolute atomic E-state index is 11.7.